The first kappa shape index (κ1) is 17.4. The van der Waals surface area contributed by atoms with E-state index in [9.17, 15) is 14.4 Å². The maximum absolute atomic E-state index is 12.3. The third-order valence-corrected chi connectivity index (χ3v) is 3.79. The number of esters is 2. The Morgan fingerprint density at radius 1 is 1.35 bits per heavy atom. The molecule has 0 radical (unpaired) electrons. The zero-order valence-electron chi connectivity index (χ0n) is 12.8. The molecule has 7 nitrogen and oxygen atoms in total. The molecule has 0 saturated heterocycles. The van der Waals surface area contributed by atoms with E-state index in [1.807, 2.05) is 0 Å². The summed E-state index contributed by atoms with van der Waals surface area (Å²) in [5.74, 6) is -1.81. The lowest BCUT2D eigenvalue weighted by molar-refractivity contribution is -0.139. The van der Waals surface area contributed by atoms with Crippen LogP contribution in [0.1, 0.15) is 46.9 Å². The maximum atomic E-state index is 12.3. The Labute approximate surface area is 141 Å². The van der Waals surface area contributed by atoms with Crippen molar-refractivity contribution in [3.63, 3.8) is 0 Å². The van der Waals surface area contributed by atoms with Crippen LogP contribution in [-0.4, -0.2) is 42.5 Å². The van der Waals surface area contributed by atoms with Crippen molar-refractivity contribution in [1.29, 1.82) is 0 Å². The van der Waals surface area contributed by atoms with Crippen LogP contribution in [0.3, 0.4) is 0 Å². The molecule has 8 heteroatoms. The first-order chi connectivity index (χ1) is 10.9. The van der Waals surface area contributed by atoms with Gasteiger partial charge in [0.25, 0.3) is 0 Å². The lowest BCUT2D eigenvalue weighted by Gasteiger charge is -2.26. The number of pyridine rings is 1. The molecule has 1 aliphatic rings. The average Bonchev–Trinajstić information content (AvgIpc) is 2.47. The predicted octanol–water partition coefficient (Wildman–Crippen LogP) is 2.31. The van der Waals surface area contributed by atoms with E-state index in [4.69, 9.17) is 14.2 Å². The Hall–Kier alpha value is -1.96. The van der Waals surface area contributed by atoms with Crippen molar-refractivity contribution >= 4 is 33.7 Å². The maximum Gasteiger partial charge on any atom is 0.344 e. The molecule has 0 spiro atoms. The van der Waals surface area contributed by atoms with E-state index in [2.05, 4.69) is 20.9 Å². The number of nitrogens with zero attached hydrogens (tertiary/aromatic N) is 1. The highest BCUT2D eigenvalue weighted by Gasteiger charge is 2.29. The minimum Gasteiger partial charge on any atom is -0.474 e. The summed E-state index contributed by atoms with van der Waals surface area (Å²) < 4.78 is 15.5. The summed E-state index contributed by atoms with van der Waals surface area (Å²) in [5.41, 5.74) is -0.0194. The van der Waals surface area contributed by atoms with Crippen LogP contribution in [0.15, 0.2) is 10.7 Å². The van der Waals surface area contributed by atoms with E-state index in [0.717, 1.165) is 19.3 Å². The predicted molar refractivity (Wildman–Crippen MR) is 82.5 cm³/mol. The molecule has 1 heterocycles. The second-order valence-corrected chi connectivity index (χ2v) is 5.85. The van der Waals surface area contributed by atoms with Crippen LogP contribution in [0.4, 0.5) is 0 Å². The van der Waals surface area contributed by atoms with Gasteiger partial charge < -0.3 is 14.2 Å². The van der Waals surface area contributed by atoms with Gasteiger partial charge in [0, 0.05) is 12.5 Å². The molecule has 0 bridgehead atoms. The molecule has 0 atom stereocenters. The van der Waals surface area contributed by atoms with Gasteiger partial charge in [-0.1, -0.05) is 0 Å². The van der Waals surface area contributed by atoms with E-state index in [1.165, 1.54) is 20.1 Å². The Morgan fingerprint density at radius 2 is 2.04 bits per heavy atom. The number of halogens is 1. The van der Waals surface area contributed by atoms with E-state index < -0.39 is 24.3 Å². The first-order valence-corrected chi connectivity index (χ1v) is 7.83. The van der Waals surface area contributed by atoms with Crippen molar-refractivity contribution < 1.29 is 28.6 Å². The summed E-state index contributed by atoms with van der Waals surface area (Å²) >= 11 is 3.19. The van der Waals surface area contributed by atoms with E-state index in [1.54, 1.807) is 0 Å². The van der Waals surface area contributed by atoms with Gasteiger partial charge in [-0.3, -0.25) is 9.59 Å². The molecule has 2 rings (SSSR count). The molecular weight excluding hydrogens is 370 g/mol. The Balaban J connectivity index is 2.39. The molecule has 1 aromatic heterocycles. The van der Waals surface area contributed by atoms with Crippen LogP contribution in [0.2, 0.25) is 0 Å². The SMILES string of the molecule is COC(=O)c1c(C(=O)COC(C)=O)cc(Br)nc1OC1CCC1. The topological polar surface area (TPSA) is 91.8 Å². The Kier molecular flexibility index (Phi) is 5.70. The van der Waals surface area contributed by atoms with Crippen molar-refractivity contribution in [2.45, 2.75) is 32.3 Å². The fraction of sp³-hybridized carbons (Fsp3) is 0.467. The summed E-state index contributed by atoms with van der Waals surface area (Å²) in [6.07, 6.45) is 2.75. The molecule has 124 valence electrons. The van der Waals surface area contributed by atoms with Crippen LogP contribution in [0, 0.1) is 0 Å². The zero-order valence-corrected chi connectivity index (χ0v) is 14.3. The number of methoxy groups -OCH3 is 1. The number of rotatable bonds is 6. The standard InChI is InChI=1S/C15H16BrNO6/c1-8(18)22-7-11(19)10-6-12(16)17-14(13(10)15(20)21-2)23-9-4-3-5-9/h6,9H,3-5,7H2,1-2H3. The van der Waals surface area contributed by atoms with Gasteiger partial charge in [0.05, 0.1) is 7.11 Å². The molecule has 0 unspecified atom stereocenters. The minimum atomic E-state index is -0.731. The number of carbonyl (C=O) groups is 3. The number of hydrogen-bond donors (Lipinski definition) is 0. The first-order valence-electron chi connectivity index (χ1n) is 7.04. The van der Waals surface area contributed by atoms with Crippen molar-refractivity contribution in [2.75, 3.05) is 13.7 Å². The van der Waals surface area contributed by atoms with Crippen molar-refractivity contribution in [3.8, 4) is 5.88 Å². The highest BCUT2D eigenvalue weighted by Crippen LogP contribution is 2.30. The summed E-state index contributed by atoms with van der Waals surface area (Å²) in [6, 6.07) is 1.38. The number of carbonyl (C=O) groups excluding carboxylic acids is 3. The largest absolute Gasteiger partial charge is 0.474 e. The number of hydrogen-bond acceptors (Lipinski definition) is 7. The van der Waals surface area contributed by atoms with Crippen LogP contribution in [0.5, 0.6) is 5.88 Å². The molecule has 1 aliphatic carbocycles. The Bertz CT molecular complexity index is 641. The molecule has 1 saturated carbocycles. The van der Waals surface area contributed by atoms with Crippen LogP contribution < -0.4 is 4.74 Å². The van der Waals surface area contributed by atoms with Crippen LogP contribution in [-0.2, 0) is 14.3 Å². The molecule has 0 N–H and O–H groups in total. The monoisotopic (exact) mass is 385 g/mol. The molecule has 0 amide bonds. The number of aromatic nitrogens is 1. The van der Waals surface area contributed by atoms with Crippen molar-refractivity contribution in [3.05, 3.63) is 21.8 Å². The molecule has 1 aromatic rings. The number of Topliss-reactive ketones (excluding diaryl/α,β-unsaturated/α-hetero) is 1. The molecule has 0 aliphatic heterocycles. The normalized spacial score (nSPS) is 13.9. The lowest BCUT2D eigenvalue weighted by Crippen LogP contribution is -2.27. The van der Waals surface area contributed by atoms with Gasteiger partial charge in [-0.15, -0.1) is 0 Å². The second kappa shape index (κ2) is 7.54. The quantitative estimate of drug-likeness (QED) is 0.421. The Morgan fingerprint density at radius 3 is 2.57 bits per heavy atom. The fourth-order valence-corrected chi connectivity index (χ4v) is 2.38. The summed E-state index contributed by atoms with van der Waals surface area (Å²) in [4.78, 5) is 39.4. The van der Waals surface area contributed by atoms with Crippen LogP contribution >= 0.6 is 15.9 Å². The highest BCUT2D eigenvalue weighted by atomic mass is 79.9. The van der Waals surface area contributed by atoms with Crippen molar-refractivity contribution in [2.24, 2.45) is 0 Å². The third-order valence-electron chi connectivity index (χ3n) is 3.38. The minimum absolute atomic E-state index is 0.0309. The molecule has 0 aromatic carbocycles. The van der Waals surface area contributed by atoms with Gasteiger partial charge in [-0.05, 0) is 41.3 Å². The lowest BCUT2D eigenvalue weighted by atomic mass is 9.96. The van der Waals surface area contributed by atoms with E-state index in [-0.39, 0.29) is 23.1 Å². The summed E-state index contributed by atoms with van der Waals surface area (Å²) in [7, 11) is 1.21. The van der Waals surface area contributed by atoms with E-state index in [0.29, 0.717) is 4.60 Å². The number of ketones is 1. The van der Waals surface area contributed by atoms with Gasteiger partial charge in [-0.2, -0.15) is 0 Å². The fourth-order valence-electron chi connectivity index (χ4n) is 1.99. The third kappa shape index (κ3) is 4.28. The second-order valence-electron chi connectivity index (χ2n) is 5.04. The molecule has 23 heavy (non-hydrogen) atoms. The average molecular weight is 386 g/mol. The smallest absolute Gasteiger partial charge is 0.344 e. The summed E-state index contributed by atoms with van der Waals surface area (Å²) in [5, 5.41) is 0. The van der Waals surface area contributed by atoms with Gasteiger partial charge in [0.15, 0.2) is 6.61 Å². The summed E-state index contributed by atoms with van der Waals surface area (Å²) in [6.45, 7) is 0.723. The molecular formula is C15H16BrNO6. The van der Waals surface area contributed by atoms with Gasteiger partial charge in [-0.25, -0.2) is 9.78 Å². The molecule has 1 fully saturated rings. The van der Waals surface area contributed by atoms with Gasteiger partial charge >= 0.3 is 11.9 Å². The highest BCUT2D eigenvalue weighted by molar-refractivity contribution is 9.10. The van der Waals surface area contributed by atoms with Gasteiger partial charge in [0.1, 0.15) is 16.3 Å². The zero-order chi connectivity index (χ0) is 17.0. The van der Waals surface area contributed by atoms with E-state index >= 15 is 0 Å². The van der Waals surface area contributed by atoms with Crippen molar-refractivity contribution in [1.82, 2.24) is 4.98 Å². The van der Waals surface area contributed by atoms with Crippen LogP contribution in [0.25, 0.3) is 0 Å². The van der Waals surface area contributed by atoms with Gasteiger partial charge in [0.2, 0.25) is 11.7 Å². The number of ether oxygens (including phenoxy) is 3.